The van der Waals surface area contributed by atoms with Gasteiger partial charge in [-0.3, -0.25) is 0 Å². The maximum absolute atomic E-state index is 12.3. The molecule has 0 spiro atoms. The third-order valence-electron chi connectivity index (χ3n) is 3.49. The van der Waals surface area contributed by atoms with Crippen LogP contribution in [0.4, 0.5) is 0 Å². The first-order valence-electron chi connectivity index (χ1n) is 6.77. The van der Waals surface area contributed by atoms with Gasteiger partial charge in [0.05, 0.1) is 12.2 Å². The zero-order chi connectivity index (χ0) is 15.6. The highest BCUT2D eigenvalue weighted by Gasteiger charge is 2.29. The van der Waals surface area contributed by atoms with Gasteiger partial charge in [0.1, 0.15) is 9.88 Å². The van der Waals surface area contributed by atoms with E-state index < -0.39 is 16.2 Å². The van der Waals surface area contributed by atoms with E-state index in [1.165, 1.54) is 4.31 Å². The van der Waals surface area contributed by atoms with Gasteiger partial charge in [-0.2, -0.15) is 17.4 Å². The van der Waals surface area contributed by atoms with Gasteiger partial charge in [-0.05, 0) is 26.7 Å². The van der Waals surface area contributed by atoms with Crippen molar-refractivity contribution in [2.24, 2.45) is 0 Å². The molecule has 1 aromatic rings. The van der Waals surface area contributed by atoms with E-state index in [9.17, 15) is 13.2 Å². The van der Waals surface area contributed by atoms with Crippen LogP contribution in [0.25, 0.3) is 0 Å². The molecule has 1 atom stereocenters. The van der Waals surface area contributed by atoms with Gasteiger partial charge in [-0.15, -0.1) is 11.3 Å². The summed E-state index contributed by atoms with van der Waals surface area (Å²) in [6.45, 7) is 4.04. The number of carbonyl (C=O) groups is 1. The Morgan fingerprint density at radius 1 is 1.52 bits per heavy atom. The number of piperidine rings is 1. The Bertz CT molecular complexity index is 626. The summed E-state index contributed by atoms with van der Waals surface area (Å²) in [5, 5.41) is 9.43. The topological polar surface area (TPSA) is 99.6 Å². The van der Waals surface area contributed by atoms with Gasteiger partial charge in [-0.25, -0.2) is 9.78 Å². The molecule has 1 saturated heterocycles. The lowest BCUT2D eigenvalue weighted by Crippen LogP contribution is -2.47. The van der Waals surface area contributed by atoms with E-state index in [2.05, 4.69) is 9.71 Å². The molecule has 0 radical (unpaired) electrons. The van der Waals surface area contributed by atoms with Gasteiger partial charge < -0.3 is 5.11 Å². The summed E-state index contributed by atoms with van der Waals surface area (Å²) in [4.78, 5) is 15.2. The number of nitrogens with zero attached hydrogens (tertiary/aromatic N) is 2. The van der Waals surface area contributed by atoms with Crippen molar-refractivity contribution in [3.63, 3.8) is 0 Å². The Kier molecular flexibility index (Phi) is 4.97. The second-order valence-electron chi connectivity index (χ2n) is 5.11. The summed E-state index contributed by atoms with van der Waals surface area (Å²) in [5.41, 5.74) is 0.410. The molecule has 21 heavy (non-hydrogen) atoms. The molecule has 0 amide bonds. The van der Waals surface area contributed by atoms with Crippen LogP contribution in [0, 0.1) is 6.92 Å². The number of thiazole rings is 1. The fourth-order valence-electron chi connectivity index (χ4n) is 2.39. The second-order valence-corrected chi connectivity index (χ2v) is 7.90. The molecule has 0 aromatic carbocycles. The van der Waals surface area contributed by atoms with Crippen molar-refractivity contribution in [1.29, 1.82) is 0 Å². The normalized spacial score (nSPS) is 20.6. The largest absolute Gasteiger partial charge is 0.477 e. The van der Waals surface area contributed by atoms with Crippen molar-refractivity contribution in [3.8, 4) is 0 Å². The summed E-state index contributed by atoms with van der Waals surface area (Å²) in [7, 11) is -3.55. The first-order valence-corrected chi connectivity index (χ1v) is 9.03. The van der Waals surface area contributed by atoms with Crippen LogP contribution in [-0.2, 0) is 16.8 Å². The van der Waals surface area contributed by atoms with Crippen molar-refractivity contribution < 1.29 is 18.3 Å². The molecule has 2 N–H and O–H groups in total. The van der Waals surface area contributed by atoms with Crippen LogP contribution in [0.3, 0.4) is 0 Å². The Hall–Kier alpha value is -1.03. The first kappa shape index (κ1) is 16.3. The number of aryl methyl sites for hydroxylation is 1. The lowest BCUT2D eigenvalue weighted by Gasteiger charge is -2.32. The van der Waals surface area contributed by atoms with E-state index in [1.54, 1.807) is 6.92 Å². The highest BCUT2D eigenvalue weighted by molar-refractivity contribution is 7.87. The summed E-state index contributed by atoms with van der Waals surface area (Å²) >= 11 is 1.000. The molecule has 2 heterocycles. The zero-order valence-corrected chi connectivity index (χ0v) is 13.6. The molecule has 7 nitrogen and oxygen atoms in total. The van der Waals surface area contributed by atoms with Crippen molar-refractivity contribution in [2.75, 3.05) is 6.54 Å². The molecule has 1 aromatic heterocycles. The zero-order valence-electron chi connectivity index (χ0n) is 12.0. The Labute approximate surface area is 128 Å². The van der Waals surface area contributed by atoms with E-state index in [1.807, 2.05) is 6.92 Å². The molecule has 0 bridgehead atoms. The Morgan fingerprint density at radius 3 is 2.81 bits per heavy atom. The molecule has 118 valence electrons. The average molecular weight is 333 g/mol. The number of nitrogens with one attached hydrogen (secondary N) is 1. The van der Waals surface area contributed by atoms with Crippen LogP contribution in [0.2, 0.25) is 0 Å². The van der Waals surface area contributed by atoms with Crippen molar-refractivity contribution >= 4 is 27.5 Å². The highest BCUT2D eigenvalue weighted by atomic mass is 32.2. The average Bonchev–Trinajstić information content (AvgIpc) is 2.78. The number of aromatic nitrogens is 1. The SMILES string of the molecule is Cc1nc(CNS(=O)(=O)N2CCCCC2C)sc1C(=O)O. The first-order chi connectivity index (χ1) is 9.81. The van der Waals surface area contributed by atoms with Gasteiger partial charge in [0.25, 0.3) is 10.2 Å². The van der Waals surface area contributed by atoms with Crippen LogP contribution in [0.5, 0.6) is 0 Å². The molecule has 1 fully saturated rings. The third-order valence-corrected chi connectivity index (χ3v) is 6.31. The quantitative estimate of drug-likeness (QED) is 0.847. The van der Waals surface area contributed by atoms with E-state index >= 15 is 0 Å². The van der Waals surface area contributed by atoms with Gasteiger partial charge in [0.15, 0.2) is 0 Å². The highest BCUT2D eigenvalue weighted by Crippen LogP contribution is 2.21. The maximum Gasteiger partial charge on any atom is 0.347 e. The summed E-state index contributed by atoms with van der Waals surface area (Å²) in [6, 6.07) is -0.0103. The van der Waals surface area contributed by atoms with Gasteiger partial charge in [-0.1, -0.05) is 6.42 Å². The molecule has 1 aliphatic rings. The molecule has 0 saturated carbocycles. The minimum atomic E-state index is -3.55. The predicted octanol–water partition coefficient (Wildman–Crippen LogP) is 1.36. The van der Waals surface area contributed by atoms with E-state index in [-0.39, 0.29) is 17.5 Å². The molecule has 0 aliphatic carbocycles. The van der Waals surface area contributed by atoms with E-state index in [4.69, 9.17) is 5.11 Å². The molecule has 2 rings (SSSR count). The Balaban J connectivity index is 2.04. The summed E-state index contributed by atoms with van der Waals surface area (Å²) in [5.74, 6) is -1.04. The third kappa shape index (κ3) is 3.79. The minimum absolute atomic E-state index is 0.0103. The smallest absolute Gasteiger partial charge is 0.347 e. The Morgan fingerprint density at radius 2 is 2.24 bits per heavy atom. The maximum atomic E-state index is 12.3. The van der Waals surface area contributed by atoms with Gasteiger partial charge in [0.2, 0.25) is 0 Å². The number of aromatic carboxylic acids is 1. The van der Waals surface area contributed by atoms with Gasteiger partial charge >= 0.3 is 5.97 Å². The summed E-state index contributed by atoms with van der Waals surface area (Å²) in [6.07, 6.45) is 2.77. The van der Waals surface area contributed by atoms with Crippen molar-refractivity contribution in [2.45, 2.75) is 45.7 Å². The molecular formula is C12H19N3O4S2. The van der Waals surface area contributed by atoms with Gasteiger partial charge in [0, 0.05) is 12.6 Å². The van der Waals surface area contributed by atoms with Crippen LogP contribution in [0.15, 0.2) is 0 Å². The molecule has 1 aliphatic heterocycles. The van der Waals surface area contributed by atoms with E-state index in [0.717, 1.165) is 30.6 Å². The molecule has 9 heteroatoms. The lowest BCUT2D eigenvalue weighted by molar-refractivity contribution is 0.0701. The van der Waals surface area contributed by atoms with Crippen LogP contribution in [-0.4, -0.2) is 41.4 Å². The number of rotatable bonds is 5. The molecular weight excluding hydrogens is 314 g/mol. The standard InChI is InChI=1S/C12H19N3O4S2/c1-8-5-3-4-6-15(8)21(18,19)13-7-10-14-9(2)11(20-10)12(16)17/h8,13H,3-7H2,1-2H3,(H,16,17). The van der Waals surface area contributed by atoms with E-state index in [0.29, 0.717) is 17.2 Å². The molecule has 1 unspecified atom stereocenters. The van der Waals surface area contributed by atoms with Crippen LogP contribution >= 0.6 is 11.3 Å². The number of hydrogen-bond donors (Lipinski definition) is 2. The lowest BCUT2D eigenvalue weighted by atomic mass is 10.1. The van der Waals surface area contributed by atoms with Crippen LogP contribution in [0.1, 0.15) is 46.6 Å². The summed E-state index contributed by atoms with van der Waals surface area (Å²) < 4.78 is 28.5. The predicted molar refractivity (Wildman–Crippen MR) is 79.6 cm³/mol. The number of carboxylic acid groups (broad SMARTS) is 1. The fourth-order valence-corrected chi connectivity index (χ4v) is 4.76. The number of hydrogen-bond acceptors (Lipinski definition) is 5. The second kappa shape index (κ2) is 6.39. The van der Waals surface area contributed by atoms with Crippen LogP contribution < -0.4 is 4.72 Å². The minimum Gasteiger partial charge on any atom is -0.477 e. The number of carboxylic acids is 1. The monoisotopic (exact) mass is 333 g/mol. The fraction of sp³-hybridized carbons (Fsp3) is 0.667. The van der Waals surface area contributed by atoms with Crippen molar-refractivity contribution in [1.82, 2.24) is 14.0 Å². The van der Waals surface area contributed by atoms with Crippen molar-refractivity contribution in [3.05, 3.63) is 15.6 Å².